The third-order valence-electron chi connectivity index (χ3n) is 10.2. The summed E-state index contributed by atoms with van der Waals surface area (Å²) in [5.41, 5.74) is 12.3. The summed E-state index contributed by atoms with van der Waals surface area (Å²) in [5.74, 6) is 0.722. The molecule has 0 fully saturated rings. The van der Waals surface area contributed by atoms with Gasteiger partial charge in [0.05, 0.1) is 16.8 Å². The fourth-order valence-corrected chi connectivity index (χ4v) is 9.23. The van der Waals surface area contributed by atoms with Crippen LogP contribution in [0.5, 0.6) is 0 Å². The predicted octanol–water partition coefficient (Wildman–Crippen LogP) is 12.2. The van der Waals surface area contributed by atoms with Gasteiger partial charge in [-0.1, -0.05) is 170 Å². The minimum absolute atomic E-state index is 0.435. The van der Waals surface area contributed by atoms with E-state index in [0.29, 0.717) is 0 Å². The van der Waals surface area contributed by atoms with Gasteiger partial charge in [-0.05, 0) is 45.5 Å². The molecule has 0 N–H and O–H groups in total. The maximum atomic E-state index is 5.20. The van der Waals surface area contributed by atoms with Crippen LogP contribution in [0.3, 0.4) is 0 Å². The summed E-state index contributed by atoms with van der Waals surface area (Å²) in [6, 6.07) is 65.5. The third-order valence-corrected chi connectivity index (χ3v) is 11.4. The highest BCUT2D eigenvalue weighted by Gasteiger charge is 2.45. The molecule has 50 heavy (non-hydrogen) atoms. The maximum absolute atomic E-state index is 5.20. The van der Waals surface area contributed by atoms with Crippen LogP contribution in [0.25, 0.3) is 65.2 Å². The number of rotatable bonds is 5. The van der Waals surface area contributed by atoms with Crippen molar-refractivity contribution >= 4 is 31.5 Å². The highest BCUT2D eigenvalue weighted by Crippen LogP contribution is 2.56. The second-order valence-corrected chi connectivity index (χ2v) is 13.9. The third kappa shape index (κ3) is 4.34. The average Bonchev–Trinajstić information content (AvgIpc) is 3.73. The van der Waals surface area contributed by atoms with Crippen LogP contribution in [0.15, 0.2) is 182 Å². The van der Waals surface area contributed by atoms with E-state index >= 15 is 0 Å². The highest BCUT2D eigenvalue weighted by molar-refractivity contribution is 7.26. The van der Waals surface area contributed by atoms with Crippen LogP contribution in [-0.2, 0) is 5.41 Å². The quantitative estimate of drug-likeness (QED) is 0.185. The molecule has 0 saturated carbocycles. The molecule has 0 bridgehead atoms. The molecule has 0 atom stereocenters. The summed E-state index contributed by atoms with van der Waals surface area (Å²) in [5, 5.41) is 2.54. The van der Waals surface area contributed by atoms with E-state index in [-0.39, 0.29) is 0 Å². The lowest BCUT2D eigenvalue weighted by Gasteiger charge is -2.34. The first-order valence-corrected chi connectivity index (χ1v) is 17.8. The van der Waals surface area contributed by atoms with Gasteiger partial charge in [-0.25, -0.2) is 9.97 Å². The fraction of sp³-hybridized carbons (Fsp3) is 0.0213. The zero-order valence-corrected chi connectivity index (χ0v) is 27.9. The molecule has 0 saturated heterocycles. The normalized spacial score (nSPS) is 13.0. The number of benzene rings is 7. The Kier molecular flexibility index (Phi) is 6.61. The van der Waals surface area contributed by atoms with Gasteiger partial charge in [0.15, 0.2) is 5.82 Å². The van der Waals surface area contributed by atoms with Gasteiger partial charge in [-0.15, -0.1) is 11.3 Å². The Hall–Kier alpha value is -6.16. The second-order valence-electron chi connectivity index (χ2n) is 12.9. The molecule has 234 valence electrons. The first-order valence-electron chi connectivity index (χ1n) is 17.0. The van der Waals surface area contributed by atoms with Gasteiger partial charge in [0.1, 0.15) is 0 Å². The molecule has 3 heteroatoms. The summed E-state index contributed by atoms with van der Waals surface area (Å²) in [6.45, 7) is 0. The second kappa shape index (κ2) is 11.5. The summed E-state index contributed by atoms with van der Waals surface area (Å²) in [4.78, 5) is 10.4. The Bertz CT molecular complexity index is 2650. The van der Waals surface area contributed by atoms with Crippen molar-refractivity contribution < 1.29 is 0 Å². The van der Waals surface area contributed by atoms with Gasteiger partial charge in [-0.2, -0.15) is 0 Å². The molecule has 2 heterocycles. The number of aromatic nitrogens is 2. The van der Waals surface area contributed by atoms with Crippen LogP contribution in [0.1, 0.15) is 22.3 Å². The number of nitrogens with zero attached hydrogens (tertiary/aromatic N) is 2. The van der Waals surface area contributed by atoms with Crippen molar-refractivity contribution in [1.29, 1.82) is 0 Å². The van der Waals surface area contributed by atoms with Crippen LogP contribution in [0.4, 0.5) is 0 Å². The van der Waals surface area contributed by atoms with Crippen LogP contribution in [-0.4, -0.2) is 9.97 Å². The monoisotopic (exact) mass is 654 g/mol. The molecular formula is C47H30N2S. The van der Waals surface area contributed by atoms with Crippen molar-refractivity contribution in [1.82, 2.24) is 9.97 Å². The van der Waals surface area contributed by atoms with E-state index in [0.717, 1.165) is 33.9 Å². The Balaban J connectivity index is 1.17. The molecule has 0 aliphatic heterocycles. The highest BCUT2D eigenvalue weighted by atomic mass is 32.1. The molecule has 1 aliphatic rings. The lowest BCUT2D eigenvalue weighted by atomic mass is 9.67. The number of hydrogen-bond acceptors (Lipinski definition) is 3. The minimum Gasteiger partial charge on any atom is -0.228 e. The smallest absolute Gasteiger partial charge is 0.160 e. The zero-order valence-electron chi connectivity index (χ0n) is 27.1. The molecule has 0 amide bonds. The van der Waals surface area contributed by atoms with Crippen LogP contribution in [0, 0.1) is 0 Å². The molecule has 10 rings (SSSR count). The Morgan fingerprint density at radius 2 is 0.960 bits per heavy atom. The van der Waals surface area contributed by atoms with Gasteiger partial charge in [0.2, 0.25) is 0 Å². The van der Waals surface area contributed by atoms with Crippen molar-refractivity contribution in [3.05, 3.63) is 204 Å². The lowest BCUT2D eigenvalue weighted by Crippen LogP contribution is -2.28. The molecule has 9 aromatic rings. The van der Waals surface area contributed by atoms with E-state index in [1.807, 2.05) is 29.5 Å². The van der Waals surface area contributed by atoms with Crippen LogP contribution in [0.2, 0.25) is 0 Å². The summed E-state index contributed by atoms with van der Waals surface area (Å²) < 4.78 is 2.53. The number of thiophene rings is 1. The average molecular weight is 655 g/mol. The first-order chi connectivity index (χ1) is 24.8. The summed E-state index contributed by atoms with van der Waals surface area (Å²) in [7, 11) is 0. The summed E-state index contributed by atoms with van der Waals surface area (Å²) >= 11 is 1.83. The molecule has 2 aromatic heterocycles. The maximum Gasteiger partial charge on any atom is 0.160 e. The number of hydrogen-bond donors (Lipinski definition) is 0. The number of fused-ring (bicyclic) bond motifs is 6. The van der Waals surface area contributed by atoms with E-state index in [4.69, 9.17) is 9.97 Å². The molecule has 0 unspecified atom stereocenters. The first kappa shape index (κ1) is 28.8. The van der Waals surface area contributed by atoms with Gasteiger partial charge in [0.25, 0.3) is 0 Å². The molecule has 0 spiro atoms. The topological polar surface area (TPSA) is 25.8 Å². The van der Waals surface area contributed by atoms with Crippen LogP contribution < -0.4 is 0 Å². The van der Waals surface area contributed by atoms with E-state index in [1.165, 1.54) is 53.6 Å². The predicted molar refractivity (Wildman–Crippen MR) is 209 cm³/mol. The minimum atomic E-state index is -0.435. The molecular weight excluding hydrogens is 625 g/mol. The van der Waals surface area contributed by atoms with Crippen molar-refractivity contribution in [2.24, 2.45) is 0 Å². The van der Waals surface area contributed by atoms with Gasteiger partial charge in [-0.3, -0.25) is 0 Å². The van der Waals surface area contributed by atoms with Gasteiger partial charge < -0.3 is 0 Å². The zero-order chi connectivity index (χ0) is 33.1. The molecule has 1 aliphatic carbocycles. The Labute approximate surface area is 295 Å². The largest absolute Gasteiger partial charge is 0.228 e. The Morgan fingerprint density at radius 1 is 0.400 bits per heavy atom. The molecule has 0 radical (unpaired) electrons. The van der Waals surface area contributed by atoms with Crippen molar-refractivity contribution in [2.45, 2.75) is 5.41 Å². The summed E-state index contributed by atoms with van der Waals surface area (Å²) in [6.07, 6.45) is 0. The van der Waals surface area contributed by atoms with Crippen molar-refractivity contribution in [2.75, 3.05) is 0 Å². The fourth-order valence-electron chi connectivity index (χ4n) is 8.00. The lowest BCUT2D eigenvalue weighted by molar-refractivity contribution is 0.768. The van der Waals surface area contributed by atoms with E-state index in [9.17, 15) is 0 Å². The van der Waals surface area contributed by atoms with E-state index in [1.54, 1.807) is 0 Å². The van der Waals surface area contributed by atoms with E-state index in [2.05, 4.69) is 164 Å². The van der Waals surface area contributed by atoms with Crippen molar-refractivity contribution in [3.8, 4) is 45.0 Å². The van der Waals surface area contributed by atoms with Crippen LogP contribution >= 0.6 is 11.3 Å². The molecule has 7 aromatic carbocycles. The van der Waals surface area contributed by atoms with Gasteiger partial charge in [0, 0.05) is 36.9 Å². The van der Waals surface area contributed by atoms with Crippen molar-refractivity contribution in [3.63, 3.8) is 0 Å². The Morgan fingerprint density at radius 3 is 1.70 bits per heavy atom. The SMILES string of the molecule is c1ccc(-c2nc(-c3ccc(C4(c5ccccc5)c5ccccc5-c5ccccc54)cc3)cc(-c3cccc4c3sc3ccccc34)n2)cc1. The van der Waals surface area contributed by atoms with E-state index < -0.39 is 5.41 Å². The standard InChI is InChI=1S/C47H30N2S/c1-3-14-32(15-4-1)46-48-42(30-43(49-46)39-22-13-21-38-37-20-9-12-25-44(37)50-45(38)39)31-26-28-34(29-27-31)47(33-16-5-2-6-17-33)40-23-10-7-18-35(40)36-19-8-11-24-41(36)47/h1-30H. The molecule has 2 nitrogen and oxygen atoms in total. The van der Waals surface area contributed by atoms with Gasteiger partial charge >= 0.3 is 0 Å².